The van der Waals surface area contributed by atoms with Crippen LogP contribution < -0.4 is 5.32 Å². The SMILES string of the molecule is CCOP(=O)(O)C(F)(F)C(=O)CNC(=O)OCc1ccccc1. The molecule has 0 heterocycles. The number of carbonyl (C=O) groups excluding carboxylic acids is 2. The van der Waals surface area contributed by atoms with Crippen molar-refractivity contribution in [2.75, 3.05) is 13.2 Å². The summed E-state index contributed by atoms with van der Waals surface area (Å²) in [5, 5.41) is 1.79. The largest absolute Gasteiger partial charge is 0.445 e. The predicted octanol–water partition coefficient (Wildman–Crippen LogP) is 2.30. The molecule has 1 atom stereocenters. The number of rotatable bonds is 8. The van der Waals surface area contributed by atoms with Crippen molar-refractivity contribution < 1.29 is 37.1 Å². The van der Waals surface area contributed by atoms with Gasteiger partial charge in [-0.25, -0.2) is 4.79 Å². The van der Waals surface area contributed by atoms with Crippen molar-refractivity contribution in [1.82, 2.24) is 5.32 Å². The fraction of sp³-hybridized carbons (Fsp3) is 0.385. The molecule has 2 N–H and O–H groups in total. The number of hydrogen-bond acceptors (Lipinski definition) is 5. The second-order valence-electron chi connectivity index (χ2n) is 4.32. The molecular formula is C13H16F2NO6P. The van der Waals surface area contributed by atoms with Gasteiger partial charge in [0.15, 0.2) is 0 Å². The number of carbonyl (C=O) groups is 2. The van der Waals surface area contributed by atoms with Gasteiger partial charge in [0.05, 0.1) is 13.2 Å². The van der Waals surface area contributed by atoms with Gasteiger partial charge in [-0.3, -0.25) is 9.36 Å². The maximum absolute atomic E-state index is 13.5. The Morgan fingerprint density at radius 1 is 1.30 bits per heavy atom. The standard InChI is InChI=1S/C13H16F2NO6P/c1-2-22-23(19,20)13(14,15)11(17)8-16-12(18)21-9-10-6-4-3-5-7-10/h3-7H,2,8-9H2,1H3,(H,16,18)(H,19,20). The fourth-order valence-corrected chi connectivity index (χ4v) is 2.35. The van der Waals surface area contributed by atoms with Gasteiger partial charge >= 0.3 is 19.4 Å². The van der Waals surface area contributed by atoms with E-state index in [4.69, 9.17) is 9.63 Å². The van der Waals surface area contributed by atoms with E-state index in [0.29, 0.717) is 5.56 Å². The van der Waals surface area contributed by atoms with Gasteiger partial charge in [-0.1, -0.05) is 30.3 Å². The van der Waals surface area contributed by atoms with E-state index in [-0.39, 0.29) is 6.61 Å². The summed E-state index contributed by atoms with van der Waals surface area (Å²) in [4.78, 5) is 31.7. The first-order chi connectivity index (χ1) is 10.7. The molecular weight excluding hydrogens is 335 g/mol. The molecule has 0 aromatic heterocycles. The normalized spacial score (nSPS) is 13.9. The third-order valence-electron chi connectivity index (χ3n) is 2.60. The molecule has 23 heavy (non-hydrogen) atoms. The fourth-order valence-electron chi connectivity index (χ4n) is 1.45. The van der Waals surface area contributed by atoms with Crippen LogP contribution in [0.15, 0.2) is 30.3 Å². The highest BCUT2D eigenvalue weighted by molar-refractivity contribution is 7.55. The molecule has 0 saturated heterocycles. The lowest BCUT2D eigenvalue weighted by Gasteiger charge is -2.20. The number of benzene rings is 1. The van der Waals surface area contributed by atoms with E-state index >= 15 is 0 Å². The second-order valence-corrected chi connectivity index (χ2v) is 6.18. The minimum absolute atomic E-state index is 0.116. The predicted molar refractivity (Wildman–Crippen MR) is 76.0 cm³/mol. The first kappa shape index (κ1) is 19.2. The first-order valence-corrected chi connectivity index (χ1v) is 8.11. The number of ether oxygens (including phenoxy) is 1. The Balaban J connectivity index is 2.48. The summed E-state index contributed by atoms with van der Waals surface area (Å²) >= 11 is 0. The minimum Gasteiger partial charge on any atom is -0.445 e. The number of nitrogens with one attached hydrogen (secondary N) is 1. The Labute approximate surface area is 131 Å². The molecule has 0 aliphatic carbocycles. The van der Waals surface area contributed by atoms with Crippen molar-refractivity contribution in [3.05, 3.63) is 35.9 Å². The summed E-state index contributed by atoms with van der Waals surface area (Å²) in [6.07, 6.45) is -1.11. The lowest BCUT2D eigenvalue weighted by Crippen LogP contribution is -2.39. The number of halogens is 2. The molecule has 128 valence electrons. The van der Waals surface area contributed by atoms with E-state index < -0.39 is 38.3 Å². The summed E-state index contributed by atoms with van der Waals surface area (Å²) in [5.74, 6) is -1.95. The van der Waals surface area contributed by atoms with E-state index in [1.54, 1.807) is 35.6 Å². The zero-order valence-electron chi connectivity index (χ0n) is 12.2. The van der Waals surface area contributed by atoms with Gasteiger partial charge < -0.3 is 19.5 Å². The van der Waals surface area contributed by atoms with Crippen LogP contribution in [0.2, 0.25) is 0 Å². The van der Waals surface area contributed by atoms with E-state index in [2.05, 4.69) is 4.52 Å². The molecule has 7 nitrogen and oxygen atoms in total. The van der Waals surface area contributed by atoms with Crippen molar-refractivity contribution in [1.29, 1.82) is 0 Å². The van der Waals surface area contributed by atoms with Crippen LogP contribution in [-0.4, -0.2) is 35.6 Å². The van der Waals surface area contributed by atoms with E-state index in [0.717, 1.165) is 0 Å². The van der Waals surface area contributed by atoms with E-state index in [1.165, 1.54) is 6.92 Å². The highest BCUT2D eigenvalue weighted by Gasteiger charge is 2.57. The summed E-state index contributed by atoms with van der Waals surface area (Å²) in [6, 6.07) is 8.55. The van der Waals surface area contributed by atoms with Crippen LogP contribution >= 0.6 is 7.60 Å². The van der Waals surface area contributed by atoms with E-state index in [1.807, 2.05) is 0 Å². The van der Waals surface area contributed by atoms with Crippen molar-refractivity contribution >= 4 is 19.5 Å². The van der Waals surface area contributed by atoms with Crippen LogP contribution in [0.25, 0.3) is 0 Å². The average Bonchev–Trinajstić information content (AvgIpc) is 2.51. The van der Waals surface area contributed by atoms with Crippen molar-refractivity contribution in [3.63, 3.8) is 0 Å². The lowest BCUT2D eigenvalue weighted by molar-refractivity contribution is -0.134. The molecule has 0 bridgehead atoms. The van der Waals surface area contributed by atoms with Gasteiger partial charge in [-0.2, -0.15) is 8.78 Å². The van der Waals surface area contributed by atoms with Gasteiger partial charge in [0, 0.05) is 0 Å². The monoisotopic (exact) mass is 351 g/mol. The number of ketones is 1. The lowest BCUT2D eigenvalue weighted by atomic mass is 10.2. The molecule has 0 aliphatic heterocycles. The Bertz CT molecular complexity index is 595. The van der Waals surface area contributed by atoms with Crippen molar-refractivity contribution in [2.24, 2.45) is 0 Å². The Morgan fingerprint density at radius 2 is 1.91 bits per heavy atom. The maximum Gasteiger partial charge on any atom is 0.407 e. The Hall–Kier alpha value is -1.83. The van der Waals surface area contributed by atoms with Gasteiger partial charge in [0.25, 0.3) is 0 Å². The third-order valence-corrected chi connectivity index (χ3v) is 4.17. The molecule has 0 aliphatic rings. The summed E-state index contributed by atoms with van der Waals surface area (Å²) in [7, 11) is -5.45. The molecule has 1 aromatic carbocycles. The third kappa shape index (κ3) is 5.38. The zero-order valence-corrected chi connectivity index (χ0v) is 13.1. The molecule has 1 rings (SSSR count). The molecule has 1 unspecified atom stereocenters. The number of Topliss-reactive ketones (excluding diaryl/α,β-unsaturated/α-hetero) is 1. The van der Waals surface area contributed by atoms with Gasteiger partial charge in [0.1, 0.15) is 6.61 Å². The van der Waals surface area contributed by atoms with Crippen LogP contribution in [0.3, 0.4) is 0 Å². The van der Waals surface area contributed by atoms with Gasteiger partial charge in [-0.15, -0.1) is 0 Å². The van der Waals surface area contributed by atoms with Crippen LogP contribution in [0.1, 0.15) is 12.5 Å². The minimum atomic E-state index is -5.45. The number of alkyl halides is 2. The first-order valence-electron chi connectivity index (χ1n) is 6.53. The molecule has 0 saturated carbocycles. The Kier molecular flexibility index (Phi) is 6.80. The molecule has 1 amide bonds. The smallest absolute Gasteiger partial charge is 0.407 e. The molecule has 0 radical (unpaired) electrons. The van der Waals surface area contributed by atoms with Gasteiger partial charge in [-0.05, 0) is 12.5 Å². The molecule has 0 fully saturated rings. The molecule has 0 spiro atoms. The second kappa shape index (κ2) is 8.14. The quantitative estimate of drug-likeness (QED) is 0.697. The van der Waals surface area contributed by atoms with Crippen molar-refractivity contribution in [2.45, 2.75) is 19.2 Å². The summed E-state index contributed by atoms with van der Waals surface area (Å²) in [6.45, 7) is -0.529. The van der Waals surface area contributed by atoms with Crippen molar-refractivity contribution in [3.8, 4) is 0 Å². The van der Waals surface area contributed by atoms with Crippen LogP contribution in [0.5, 0.6) is 0 Å². The summed E-state index contributed by atoms with van der Waals surface area (Å²) < 4.78 is 47.0. The van der Waals surface area contributed by atoms with Crippen LogP contribution in [-0.2, 0) is 25.2 Å². The topological polar surface area (TPSA) is 102 Å². The highest BCUT2D eigenvalue weighted by Crippen LogP contribution is 2.57. The number of amides is 1. The van der Waals surface area contributed by atoms with Crippen LogP contribution in [0, 0.1) is 0 Å². The zero-order chi connectivity index (χ0) is 17.5. The van der Waals surface area contributed by atoms with Gasteiger partial charge in [0.2, 0.25) is 5.78 Å². The maximum atomic E-state index is 13.5. The van der Waals surface area contributed by atoms with Crippen LogP contribution in [0.4, 0.5) is 13.6 Å². The Morgan fingerprint density at radius 3 is 2.48 bits per heavy atom. The van der Waals surface area contributed by atoms with E-state index in [9.17, 15) is 22.9 Å². The number of hydrogen-bond donors (Lipinski definition) is 2. The summed E-state index contributed by atoms with van der Waals surface area (Å²) in [5.41, 5.74) is -3.95. The number of alkyl carbamates (subject to hydrolysis) is 1. The molecule has 10 heteroatoms. The highest BCUT2D eigenvalue weighted by atomic mass is 31.2. The molecule has 1 aromatic rings. The average molecular weight is 351 g/mol.